The van der Waals surface area contributed by atoms with Crippen LogP contribution in [0.4, 0.5) is 0 Å². The molecule has 3 aliphatic carbocycles. The first-order valence-electron chi connectivity index (χ1n) is 45.3. The predicted octanol–water partition coefficient (Wildman–Crippen LogP) is -7.51. The molecule has 1 aromatic rings. The van der Waals surface area contributed by atoms with E-state index in [1.54, 1.807) is 0 Å². The van der Waals surface area contributed by atoms with Crippen LogP contribution in [0.1, 0.15) is 232 Å². The van der Waals surface area contributed by atoms with Crippen molar-refractivity contribution in [1.82, 2.24) is 84.0 Å². The lowest BCUT2D eigenvalue weighted by Gasteiger charge is -2.32. The molecule has 5 rings (SSSR count). The van der Waals surface area contributed by atoms with Crippen LogP contribution in [0.3, 0.4) is 0 Å². The van der Waals surface area contributed by atoms with Gasteiger partial charge in [0.25, 0.3) is 0 Å². The van der Waals surface area contributed by atoms with E-state index in [0.717, 1.165) is 84.5 Å². The Morgan fingerprint density at radius 2 is 0.847 bits per heavy atom. The van der Waals surface area contributed by atoms with E-state index >= 15 is 14.4 Å². The fourth-order valence-electron chi connectivity index (χ4n) is 16.5. The van der Waals surface area contributed by atoms with E-state index in [4.69, 9.17) is 57.3 Å². The maximum absolute atomic E-state index is 15.3. The third kappa shape index (κ3) is 39.6. The van der Waals surface area contributed by atoms with Gasteiger partial charge in [-0.3, -0.25) is 96.5 Å². The molecular formula is C83H143N29O19. The molecule has 17 amide bonds. The number of hydrogen-bond acceptors (Lipinski definition) is 24. The molecule has 3 saturated carbocycles. The number of nitrogens with one attached hydrogen (secondary N) is 14. The molecule has 1 saturated heterocycles. The molecule has 0 radical (unpaired) electrons. The van der Waals surface area contributed by atoms with Gasteiger partial charge in [-0.1, -0.05) is 96.3 Å². The molecule has 4 fully saturated rings. The van der Waals surface area contributed by atoms with Crippen molar-refractivity contribution in [3.63, 3.8) is 0 Å². The Morgan fingerprint density at radius 1 is 0.458 bits per heavy atom. The van der Waals surface area contributed by atoms with Crippen molar-refractivity contribution in [3.8, 4) is 0 Å². The molecule has 0 unspecified atom stereocenters. The molecule has 734 valence electrons. The van der Waals surface area contributed by atoms with E-state index in [1.807, 2.05) is 0 Å². The number of aromatic nitrogens is 2. The number of aliphatic imine (C=N–C) groups is 3. The minimum Gasteiger partial charge on any atom is -0.394 e. The number of aliphatic hydroxyl groups is 2. The third-order valence-corrected chi connectivity index (χ3v) is 23.6. The molecule has 2 heterocycles. The third-order valence-electron chi connectivity index (χ3n) is 23.6. The van der Waals surface area contributed by atoms with Gasteiger partial charge in [-0.2, -0.15) is 0 Å². The predicted molar refractivity (Wildman–Crippen MR) is 480 cm³/mol. The van der Waals surface area contributed by atoms with Gasteiger partial charge < -0.3 is 147 Å². The highest BCUT2D eigenvalue weighted by molar-refractivity contribution is 6.02. The Morgan fingerprint density at radius 3 is 1.26 bits per heavy atom. The van der Waals surface area contributed by atoms with Crippen LogP contribution in [-0.4, -0.2) is 273 Å². The lowest BCUT2D eigenvalue weighted by molar-refractivity contribution is -0.143. The van der Waals surface area contributed by atoms with Gasteiger partial charge in [0.15, 0.2) is 17.9 Å². The van der Waals surface area contributed by atoms with E-state index in [2.05, 4.69) is 94.1 Å². The number of guanidine groups is 3. The lowest BCUT2D eigenvalue weighted by Crippen LogP contribution is -2.64. The topological polar surface area (TPSA) is 816 Å². The number of carbonyl (C=O) groups is 17. The van der Waals surface area contributed by atoms with Gasteiger partial charge in [0, 0.05) is 57.8 Å². The van der Waals surface area contributed by atoms with E-state index in [0.29, 0.717) is 37.8 Å². The highest BCUT2D eigenvalue weighted by Gasteiger charge is 2.44. The van der Waals surface area contributed by atoms with Gasteiger partial charge in [0.2, 0.25) is 100 Å². The molecule has 48 heteroatoms. The van der Waals surface area contributed by atoms with Crippen molar-refractivity contribution >= 4 is 118 Å². The number of likely N-dealkylation sites (tertiary alicyclic amines) is 1. The van der Waals surface area contributed by atoms with Crippen molar-refractivity contribution in [2.75, 3.05) is 39.3 Å². The van der Waals surface area contributed by atoms with Crippen molar-refractivity contribution in [3.05, 3.63) is 18.2 Å². The van der Waals surface area contributed by atoms with Crippen LogP contribution in [0.5, 0.6) is 0 Å². The largest absolute Gasteiger partial charge is 0.394 e. The number of primary amides is 3. The minimum absolute atomic E-state index is 0.00225. The normalized spacial score (nSPS) is 17.9. The molecular weight excluding hydrogens is 1710 g/mol. The highest BCUT2D eigenvalue weighted by atomic mass is 16.3. The highest BCUT2D eigenvalue weighted by Crippen LogP contribution is 2.31. The Balaban J connectivity index is 1.39. The Bertz CT molecular complexity index is 4060. The number of rotatable bonds is 57. The van der Waals surface area contributed by atoms with Gasteiger partial charge in [-0.25, -0.2) is 4.98 Å². The van der Waals surface area contributed by atoms with Crippen LogP contribution < -0.4 is 126 Å². The number of amides is 17. The molecule has 0 bridgehead atoms. The summed E-state index contributed by atoms with van der Waals surface area (Å²) in [5, 5.41) is 55.0. The van der Waals surface area contributed by atoms with Crippen LogP contribution in [0.2, 0.25) is 0 Å². The van der Waals surface area contributed by atoms with Gasteiger partial charge in [-0.05, 0) is 135 Å². The van der Waals surface area contributed by atoms with Crippen LogP contribution in [0.25, 0.3) is 0 Å². The summed E-state index contributed by atoms with van der Waals surface area (Å²) in [6.07, 6.45) is 11.2. The first kappa shape index (κ1) is 109. The zero-order chi connectivity index (χ0) is 97.0. The van der Waals surface area contributed by atoms with Gasteiger partial charge >= 0.3 is 0 Å². The number of nitrogens with zero attached hydrogens (tertiary/aromatic N) is 5. The minimum atomic E-state index is -2.06. The molecule has 131 heavy (non-hydrogen) atoms. The second-order valence-electron chi connectivity index (χ2n) is 34.9. The zero-order valence-electron chi connectivity index (χ0n) is 75.7. The summed E-state index contributed by atoms with van der Waals surface area (Å²) in [6, 6.07) is -19.5. The van der Waals surface area contributed by atoms with Crippen LogP contribution in [0, 0.1) is 17.8 Å². The quantitative estimate of drug-likeness (QED) is 0.0164. The number of aliphatic hydroxyl groups excluding tert-OH is 2. The molecule has 0 aromatic carbocycles. The summed E-state index contributed by atoms with van der Waals surface area (Å²) in [4.78, 5) is 260. The van der Waals surface area contributed by atoms with Crippen molar-refractivity contribution < 1.29 is 91.7 Å². The maximum Gasteiger partial charge on any atom is 0.248 e. The molecule has 48 nitrogen and oxygen atoms in total. The molecule has 0 spiro atoms. The summed E-state index contributed by atoms with van der Waals surface area (Å²) in [5.41, 5.74) is 54.7. The van der Waals surface area contributed by atoms with Gasteiger partial charge in [0.05, 0.1) is 25.5 Å². The van der Waals surface area contributed by atoms with Crippen LogP contribution in [0.15, 0.2) is 27.5 Å². The van der Waals surface area contributed by atoms with Gasteiger partial charge in [-0.15, -0.1) is 0 Å². The first-order chi connectivity index (χ1) is 62.1. The molecule has 1 aliphatic heterocycles. The van der Waals surface area contributed by atoms with E-state index in [1.165, 1.54) is 31.3 Å². The van der Waals surface area contributed by atoms with E-state index < -0.39 is 216 Å². The molecule has 14 atom stereocenters. The number of hydrogen-bond donors (Lipinski definition) is 26. The Hall–Kier alpha value is -12.1. The smallest absolute Gasteiger partial charge is 0.248 e. The second kappa shape index (κ2) is 56.5. The standard InChI is InChI=1S/C83H143N29O19/c1-45(114)65(77(129)104-53(28-17-35-97-82(92)93)67(119)102-55(30-31-63(85)116)70(122)100-51(26-15-33-95-80(88)89)68(120)105-56(66(87)118)37-47-19-8-5-9-20-47)110-79(131)83(3,4)111-75(127)54(25-14-32-84)101-74(126)60(41-64(86)117)109-72(124)58(39-49-23-12-7-13-24-49)106-71(123)57(38-48-21-10-6-11-22-48)107-73(125)59(40-50-42-94-44-98-50)108-69(121)52(27-16-34-96-81(90)91)103-76(128)62-29-18-36-112(62)78(130)61(43-113)99-46(2)115/h42,44-45,47-49,51-62,65,113-114H,5-41,43,84H2,1-4H3,(H2,85,116)(H2,86,117)(H2,87,118)(H,94,98)(H,99,115)(H,100,122)(H,101,126)(H,102,119)(H,103,128)(H,104,129)(H,105,120)(H,106,123)(H,107,125)(H,108,121)(H,109,124)(H,110,131)(H,111,127)(H4,88,89,95)(H4,90,91,96)(H4,92,93,97)/t45-,51+,52+,53+,54+,55+,56+,57+,58+,59+,60+,61+,62-,65+/m1/s1. The van der Waals surface area contributed by atoms with Crippen molar-refractivity contribution in [2.45, 2.75) is 323 Å². The van der Waals surface area contributed by atoms with Gasteiger partial charge in [0.1, 0.15) is 84.1 Å². The Labute approximate surface area is 761 Å². The first-order valence-corrected chi connectivity index (χ1v) is 45.3. The number of H-pyrrole nitrogens is 1. The molecule has 36 N–H and O–H groups in total. The fourth-order valence-corrected chi connectivity index (χ4v) is 16.5. The average Bonchev–Trinajstić information content (AvgIpc) is 1.27. The summed E-state index contributed by atoms with van der Waals surface area (Å²) < 4.78 is 0. The fraction of sp³-hybridized carbons (Fsp3) is 0.723. The van der Waals surface area contributed by atoms with Crippen LogP contribution >= 0.6 is 0 Å². The summed E-state index contributed by atoms with van der Waals surface area (Å²) in [7, 11) is 0. The number of imidazole rings is 1. The molecule has 1 aromatic heterocycles. The number of aromatic amines is 1. The summed E-state index contributed by atoms with van der Waals surface area (Å²) >= 11 is 0. The molecule has 4 aliphatic rings. The lowest BCUT2D eigenvalue weighted by atomic mass is 9.83. The summed E-state index contributed by atoms with van der Waals surface area (Å²) in [5.74, 6) is -16.9. The van der Waals surface area contributed by atoms with E-state index in [-0.39, 0.29) is 152 Å². The van der Waals surface area contributed by atoms with E-state index in [9.17, 15) is 77.3 Å². The van der Waals surface area contributed by atoms with Crippen molar-refractivity contribution in [1.29, 1.82) is 0 Å². The second-order valence-corrected chi connectivity index (χ2v) is 34.9. The SMILES string of the molecule is CC(=O)N[C@@H](CO)C(=O)N1CCC[C@@H]1C(=O)N[C@@H](CCCN=C(N)N)C(=O)N[C@@H](Cc1cnc[nH]1)C(=O)N[C@@H](CC1CCCCC1)C(=O)N[C@@H](CC1CCCCC1)C(=O)N[C@@H](CC(N)=O)C(=O)N[C@@H](CCCN)C(=O)NC(C)(C)C(=O)N[C@H](C(=O)N[C@@H](CCCN=C(N)N)C(=O)N[C@@H](CCC(N)=O)C(=O)N[C@@H](CCCN=C(N)N)C(=O)N[C@@H](CC1CCCCC1)C(N)=O)[C@@H](C)O. The maximum atomic E-state index is 15.3. The monoisotopic (exact) mass is 1850 g/mol. The number of nitrogens with two attached hydrogens (primary N) is 10. The zero-order valence-corrected chi connectivity index (χ0v) is 75.7. The average molecular weight is 1850 g/mol. The Kier molecular flexibility index (Phi) is 47.2. The van der Waals surface area contributed by atoms with Crippen molar-refractivity contribution in [2.24, 2.45) is 90.1 Å². The van der Waals surface area contributed by atoms with Crippen LogP contribution in [-0.2, 0) is 87.9 Å². The number of carbonyl (C=O) groups excluding carboxylic acids is 17. The summed E-state index contributed by atoms with van der Waals surface area (Å²) in [6.45, 7) is 3.86.